The van der Waals surface area contributed by atoms with Gasteiger partial charge in [-0.25, -0.2) is 4.98 Å². The van der Waals surface area contributed by atoms with Crippen molar-refractivity contribution >= 4 is 23.6 Å². The van der Waals surface area contributed by atoms with E-state index in [1.54, 1.807) is 24.1 Å². The van der Waals surface area contributed by atoms with Gasteiger partial charge in [-0.15, -0.1) is 0 Å². The van der Waals surface area contributed by atoms with Crippen molar-refractivity contribution in [2.24, 2.45) is 0 Å². The van der Waals surface area contributed by atoms with Crippen molar-refractivity contribution in [2.75, 3.05) is 26.2 Å². The summed E-state index contributed by atoms with van der Waals surface area (Å²) in [6, 6.07) is 9.90. The Labute approximate surface area is 158 Å². The molecule has 1 aromatic heterocycles. The molecule has 0 bridgehead atoms. The number of benzene rings is 1. The number of pyridine rings is 1. The van der Waals surface area contributed by atoms with Crippen LogP contribution in [0, 0.1) is 13.8 Å². The summed E-state index contributed by atoms with van der Waals surface area (Å²) in [5.41, 5.74) is 3.01. The zero-order valence-corrected chi connectivity index (χ0v) is 16.2. The van der Waals surface area contributed by atoms with Crippen LogP contribution in [-0.2, 0) is 4.79 Å². The van der Waals surface area contributed by atoms with E-state index in [0.717, 1.165) is 9.92 Å². The third-order valence-corrected chi connectivity index (χ3v) is 5.75. The monoisotopic (exact) mass is 369 g/mol. The zero-order valence-electron chi connectivity index (χ0n) is 15.4. The Balaban J connectivity index is 1.79. The average molecular weight is 369 g/mol. The van der Waals surface area contributed by atoms with Crippen LogP contribution >= 0.6 is 11.8 Å². The number of carbonyl (C=O) groups is 2. The molecule has 0 unspecified atom stereocenters. The number of rotatable bonds is 3. The Kier molecular flexibility index (Phi) is 5.61. The highest BCUT2D eigenvalue weighted by Gasteiger charge is 2.25. The standard InChI is InChI=1S/C20H23N3O2S/c1-14-6-7-18(15(2)13-14)26-19-17(5-4-8-21-19)20(25)23-11-9-22(10-12-23)16(3)24/h4-8,13H,9-12H2,1-3H3. The van der Waals surface area contributed by atoms with E-state index >= 15 is 0 Å². The predicted molar refractivity (Wildman–Crippen MR) is 102 cm³/mol. The zero-order chi connectivity index (χ0) is 18.7. The minimum absolute atomic E-state index is 0.0198. The SMILES string of the molecule is CC(=O)N1CCN(C(=O)c2cccnc2Sc2ccc(C)cc2C)CC1. The molecule has 0 atom stereocenters. The van der Waals surface area contributed by atoms with Gasteiger partial charge in [0.25, 0.3) is 5.91 Å². The number of hydrogen-bond donors (Lipinski definition) is 0. The number of hydrogen-bond acceptors (Lipinski definition) is 4. The maximum Gasteiger partial charge on any atom is 0.256 e. The maximum atomic E-state index is 13.0. The Bertz CT molecular complexity index is 830. The number of aromatic nitrogens is 1. The third kappa shape index (κ3) is 4.07. The van der Waals surface area contributed by atoms with Crippen LogP contribution in [-0.4, -0.2) is 52.8 Å². The van der Waals surface area contributed by atoms with Gasteiger partial charge in [0.05, 0.1) is 5.56 Å². The molecule has 2 amide bonds. The Morgan fingerprint density at radius 2 is 1.73 bits per heavy atom. The van der Waals surface area contributed by atoms with Crippen molar-refractivity contribution in [3.05, 3.63) is 53.2 Å². The van der Waals surface area contributed by atoms with Crippen molar-refractivity contribution in [1.82, 2.24) is 14.8 Å². The summed E-state index contributed by atoms with van der Waals surface area (Å²) >= 11 is 1.52. The fraction of sp³-hybridized carbons (Fsp3) is 0.350. The first-order valence-corrected chi connectivity index (χ1v) is 9.52. The van der Waals surface area contributed by atoms with Crippen LogP contribution in [0.15, 0.2) is 46.5 Å². The molecule has 0 aliphatic carbocycles. The van der Waals surface area contributed by atoms with E-state index in [9.17, 15) is 9.59 Å². The van der Waals surface area contributed by atoms with Crippen molar-refractivity contribution < 1.29 is 9.59 Å². The van der Waals surface area contributed by atoms with E-state index in [1.807, 2.05) is 11.0 Å². The summed E-state index contributed by atoms with van der Waals surface area (Å²) in [5, 5.41) is 0.721. The van der Waals surface area contributed by atoms with Crippen LogP contribution in [0.3, 0.4) is 0 Å². The molecule has 5 nitrogen and oxygen atoms in total. The maximum absolute atomic E-state index is 13.0. The minimum atomic E-state index is -0.0198. The third-order valence-electron chi connectivity index (χ3n) is 4.55. The highest BCUT2D eigenvalue weighted by molar-refractivity contribution is 7.99. The van der Waals surface area contributed by atoms with E-state index < -0.39 is 0 Å². The van der Waals surface area contributed by atoms with Crippen LogP contribution < -0.4 is 0 Å². The van der Waals surface area contributed by atoms with Gasteiger partial charge in [-0.05, 0) is 37.6 Å². The molecule has 1 saturated heterocycles. The summed E-state index contributed by atoms with van der Waals surface area (Å²) in [4.78, 5) is 33.6. The summed E-state index contributed by atoms with van der Waals surface area (Å²) < 4.78 is 0. The Morgan fingerprint density at radius 3 is 2.38 bits per heavy atom. The molecule has 1 aliphatic rings. The second-order valence-electron chi connectivity index (χ2n) is 6.53. The Hall–Kier alpha value is -2.34. The van der Waals surface area contributed by atoms with Gasteiger partial charge in [-0.2, -0.15) is 0 Å². The molecule has 0 N–H and O–H groups in total. The highest BCUT2D eigenvalue weighted by atomic mass is 32.2. The first-order valence-electron chi connectivity index (χ1n) is 8.70. The van der Waals surface area contributed by atoms with Crippen LogP contribution in [0.25, 0.3) is 0 Å². The molecule has 0 saturated carbocycles. The molecule has 26 heavy (non-hydrogen) atoms. The summed E-state index contributed by atoms with van der Waals surface area (Å²) in [6.07, 6.45) is 1.72. The van der Waals surface area contributed by atoms with Gasteiger partial charge in [0.1, 0.15) is 5.03 Å². The average Bonchev–Trinajstić information content (AvgIpc) is 2.64. The van der Waals surface area contributed by atoms with Crippen LogP contribution in [0.1, 0.15) is 28.4 Å². The van der Waals surface area contributed by atoms with E-state index in [2.05, 4.69) is 37.0 Å². The smallest absolute Gasteiger partial charge is 0.256 e. The fourth-order valence-corrected chi connectivity index (χ4v) is 3.99. The van der Waals surface area contributed by atoms with Gasteiger partial charge in [0, 0.05) is 44.2 Å². The van der Waals surface area contributed by atoms with E-state index in [0.29, 0.717) is 31.7 Å². The summed E-state index contributed by atoms with van der Waals surface area (Å²) in [6.45, 7) is 7.99. The molecule has 136 valence electrons. The largest absolute Gasteiger partial charge is 0.339 e. The van der Waals surface area contributed by atoms with Gasteiger partial charge in [0.2, 0.25) is 5.91 Å². The van der Waals surface area contributed by atoms with E-state index in [-0.39, 0.29) is 11.8 Å². The molecule has 1 aromatic carbocycles. The minimum Gasteiger partial charge on any atom is -0.339 e. The first-order chi connectivity index (χ1) is 12.5. The van der Waals surface area contributed by atoms with Gasteiger partial charge in [0.15, 0.2) is 0 Å². The van der Waals surface area contributed by atoms with Crippen molar-refractivity contribution in [1.29, 1.82) is 0 Å². The number of carbonyl (C=O) groups excluding carboxylic acids is 2. The van der Waals surface area contributed by atoms with Gasteiger partial charge in [-0.1, -0.05) is 29.5 Å². The molecule has 1 fully saturated rings. The number of piperazine rings is 1. The number of aryl methyl sites for hydroxylation is 2. The van der Waals surface area contributed by atoms with Crippen molar-refractivity contribution in [3.8, 4) is 0 Å². The van der Waals surface area contributed by atoms with Gasteiger partial charge in [-0.3, -0.25) is 9.59 Å². The fourth-order valence-electron chi connectivity index (χ4n) is 3.05. The number of nitrogens with zero attached hydrogens (tertiary/aromatic N) is 3. The lowest BCUT2D eigenvalue weighted by atomic mass is 10.2. The van der Waals surface area contributed by atoms with Crippen LogP contribution in [0.2, 0.25) is 0 Å². The lowest BCUT2D eigenvalue weighted by molar-refractivity contribution is -0.130. The molecular formula is C20H23N3O2S. The topological polar surface area (TPSA) is 53.5 Å². The van der Waals surface area contributed by atoms with Crippen LogP contribution in [0.5, 0.6) is 0 Å². The van der Waals surface area contributed by atoms with Crippen molar-refractivity contribution in [2.45, 2.75) is 30.7 Å². The molecule has 2 heterocycles. The molecule has 6 heteroatoms. The summed E-state index contributed by atoms with van der Waals surface area (Å²) in [5.74, 6) is 0.0399. The first kappa shape index (κ1) is 18.5. The molecule has 3 rings (SSSR count). The second kappa shape index (κ2) is 7.91. The molecule has 0 radical (unpaired) electrons. The quantitative estimate of drug-likeness (QED) is 0.834. The lowest BCUT2D eigenvalue weighted by Crippen LogP contribution is -2.50. The number of amides is 2. The van der Waals surface area contributed by atoms with E-state index in [4.69, 9.17) is 0 Å². The predicted octanol–water partition coefficient (Wildman–Crippen LogP) is 3.15. The van der Waals surface area contributed by atoms with Gasteiger partial charge < -0.3 is 9.80 Å². The second-order valence-corrected chi connectivity index (χ2v) is 7.56. The Morgan fingerprint density at radius 1 is 1.04 bits per heavy atom. The van der Waals surface area contributed by atoms with Crippen molar-refractivity contribution in [3.63, 3.8) is 0 Å². The molecule has 0 spiro atoms. The van der Waals surface area contributed by atoms with Crippen LogP contribution in [0.4, 0.5) is 0 Å². The molecule has 2 aromatic rings. The molecular weight excluding hydrogens is 346 g/mol. The highest BCUT2D eigenvalue weighted by Crippen LogP contribution is 2.32. The molecule has 1 aliphatic heterocycles. The normalized spacial score (nSPS) is 14.4. The summed E-state index contributed by atoms with van der Waals surface area (Å²) in [7, 11) is 0. The lowest BCUT2D eigenvalue weighted by Gasteiger charge is -2.34. The van der Waals surface area contributed by atoms with E-state index in [1.165, 1.54) is 22.9 Å². The van der Waals surface area contributed by atoms with Gasteiger partial charge >= 0.3 is 0 Å².